The summed E-state index contributed by atoms with van der Waals surface area (Å²) >= 11 is 0. The molecule has 2 aromatic carbocycles. The molecule has 5 heteroatoms. The van der Waals surface area contributed by atoms with E-state index in [4.69, 9.17) is 9.57 Å². The number of fused-ring (bicyclic) bond motifs is 1. The smallest absolute Gasteiger partial charge is 0.363 e. The van der Waals surface area contributed by atoms with Crippen LogP contribution in [0, 0.1) is 0 Å². The highest BCUT2D eigenvalue weighted by molar-refractivity contribution is 5.92. The van der Waals surface area contributed by atoms with E-state index in [0.717, 1.165) is 27.9 Å². The van der Waals surface area contributed by atoms with E-state index < -0.39 is 5.97 Å². The summed E-state index contributed by atoms with van der Waals surface area (Å²) in [6.45, 7) is 2.56. The van der Waals surface area contributed by atoms with Gasteiger partial charge in [0, 0.05) is 17.1 Å². The van der Waals surface area contributed by atoms with Crippen LogP contribution in [0.25, 0.3) is 22.2 Å². The zero-order valence-corrected chi connectivity index (χ0v) is 14.8. The minimum Gasteiger partial charge on any atom is -0.494 e. The van der Waals surface area contributed by atoms with Crippen molar-refractivity contribution in [3.63, 3.8) is 0 Å². The number of aromatic nitrogens is 2. The maximum atomic E-state index is 12.6. The van der Waals surface area contributed by atoms with Crippen LogP contribution in [0.2, 0.25) is 0 Å². The normalized spacial score (nSPS) is 10.7. The fraction of sp³-hybridized carbons (Fsp3) is 0.0909. The molecule has 0 aliphatic carbocycles. The lowest BCUT2D eigenvalue weighted by Crippen LogP contribution is -2.20. The van der Waals surface area contributed by atoms with Crippen molar-refractivity contribution in [2.75, 3.05) is 6.61 Å². The van der Waals surface area contributed by atoms with Crippen molar-refractivity contribution in [3.8, 4) is 17.0 Å². The first-order chi connectivity index (χ1) is 13.3. The zero-order valence-electron chi connectivity index (χ0n) is 14.8. The molecule has 0 bridgehead atoms. The number of hydrogen-bond acceptors (Lipinski definition) is 4. The number of carbonyl (C=O) groups is 1. The monoisotopic (exact) mass is 358 g/mol. The van der Waals surface area contributed by atoms with Crippen LogP contribution in [-0.2, 0) is 0 Å². The molecule has 0 saturated carbocycles. The van der Waals surface area contributed by atoms with E-state index in [9.17, 15) is 4.79 Å². The van der Waals surface area contributed by atoms with Crippen LogP contribution in [0.1, 0.15) is 17.3 Å². The summed E-state index contributed by atoms with van der Waals surface area (Å²) in [7, 11) is 0. The molecule has 0 amide bonds. The summed E-state index contributed by atoms with van der Waals surface area (Å²) in [6, 6.07) is 20.5. The standard InChI is InChI=1S/C22H18N2O3/c1-2-26-19-10-8-16(9-11-19)20-14-18-12-13-23-15-21(18)24(20)27-22(25)17-6-4-3-5-7-17/h3-15H,2H2,1H3. The Bertz CT molecular complexity index is 1070. The average Bonchev–Trinajstić information content (AvgIpc) is 3.08. The first-order valence-electron chi connectivity index (χ1n) is 8.72. The maximum absolute atomic E-state index is 12.6. The molecule has 0 spiro atoms. The first-order valence-corrected chi connectivity index (χ1v) is 8.72. The number of benzene rings is 2. The Morgan fingerprint density at radius 2 is 1.81 bits per heavy atom. The Hall–Kier alpha value is -3.60. The molecule has 0 aliphatic rings. The van der Waals surface area contributed by atoms with Crippen molar-refractivity contribution in [1.29, 1.82) is 0 Å². The molecule has 0 atom stereocenters. The second-order valence-electron chi connectivity index (χ2n) is 5.96. The second-order valence-corrected chi connectivity index (χ2v) is 5.96. The van der Waals surface area contributed by atoms with Gasteiger partial charge >= 0.3 is 5.97 Å². The van der Waals surface area contributed by atoms with Gasteiger partial charge in [-0.1, -0.05) is 18.2 Å². The first kappa shape index (κ1) is 16.8. The van der Waals surface area contributed by atoms with Crippen LogP contribution in [0.3, 0.4) is 0 Å². The van der Waals surface area contributed by atoms with Crippen molar-refractivity contribution in [3.05, 3.63) is 84.7 Å². The molecule has 0 saturated heterocycles. The molecule has 0 aliphatic heterocycles. The van der Waals surface area contributed by atoms with Crippen LogP contribution in [0.5, 0.6) is 5.75 Å². The molecule has 134 valence electrons. The number of pyridine rings is 1. The fourth-order valence-electron chi connectivity index (χ4n) is 2.92. The summed E-state index contributed by atoms with van der Waals surface area (Å²) in [4.78, 5) is 22.5. The Morgan fingerprint density at radius 1 is 1.04 bits per heavy atom. The topological polar surface area (TPSA) is 53.4 Å². The van der Waals surface area contributed by atoms with Crippen LogP contribution in [-0.4, -0.2) is 22.3 Å². The summed E-state index contributed by atoms with van der Waals surface area (Å²) < 4.78 is 7.04. The summed E-state index contributed by atoms with van der Waals surface area (Å²) in [5.74, 6) is 0.371. The highest BCUT2D eigenvalue weighted by Gasteiger charge is 2.16. The predicted molar refractivity (Wildman–Crippen MR) is 104 cm³/mol. The molecule has 4 rings (SSSR count). The summed E-state index contributed by atoms with van der Waals surface area (Å²) in [6.07, 6.45) is 3.40. The van der Waals surface area contributed by atoms with Crippen LogP contribution in [0.15, 0.2) is 79.1 Å². The third kappa shape index (κ3) is 3.40. The van der Waals surface area contributed by atoms with Gasteiger partial charge in [0.25, 0.3) is 0 Å². The van der Waals surface area contributed by atoms with Gasteiger partial charge in [-0.3, -0.25) is 4.98 Å². The van der Waals surface area contributed by atoms with Gasteiger partial charge in [0.05, 0.1) is 24.1 Å². The molecule has 0 fully saturated rings. The Kier molecular flexibility index (Phi) is 4.58. The van der Waals surface area contributed by atoms with E-state index in [-0.39, 0.29) is 0 Å². The second kappa shape index (κ2) is 7.33. The molecular formula is C22H18N2O3. The Balaban J connectivity index is 1.76. The largest absolute Gasteiger partial charge is 0.494 e. The number of ether oxygens (including phenoxy) is 1. The third-order valence-electron chi connectivity index (χ3n) is 4.21. The van der Waals surface area contributed by atoms with Gasteiger partial charge in [0.2, 0.25) is 0 Å². The Morgan fingerprint density at radius 3 is 2.56 bits per heavy atom. The molecule has 4 aromatic rings. The minimum atomic E-state index is -0.427. The number of nitrogens with zero attached hydrogens (tertiary/aromatic N) is 2. The quantitative estimate of drug-likeness (QED) is 0.531. The highest BCUT2D eigenvalue weighted by Crippen LogP contribution is 2.28. The van der Waals surface area contributed by atoms with Crippen molar-refractivity contribution < 1.29 is 14.4 Å². The SMILES string of the molecule is CCOc1ccc(-c2cc3ccncc3n2OC(=O)c2ccccc2)cc1. The van der Waals surface area contributed by atoms with Crippen LogP contribution >= 0.6 is 0 Å². The molecule has 2 aromatic heterocycles. The lowest BCUT2D eigenvalue weighted by atomic mass is 10.1. The van der Waals surface area contributed by atoms with Crippen molar-refractivity contribution >= 4 is 16.9 Å². The molecular weight excluding hydrogens is 340 g/mol. The van der Waals surface area contributed by atoms with Crippen molar-refractivity contribution in [2.45, 2.75) is 6.92 Å². The number of hydrogen-bond donors (Lipinski definition) is 0. The molecule has 27 heavy (non-hydrogen) atoms. The van der Waals surface area contributed by atoms with Gasteiger partial charge in [-0.05, 0) is 55.5 Å². The summed E-state index contributed by atoms with van der Waals surface area (Å²) in [5, 5.41) is 0.940. The van der Waals surface area contributed by atoms with Crippen LogP contribution in [0.4, 0.5) is 0 Å². The van der Waals surface area contributed by atoms with E-state index in [0.29, 0.717) is 12.2 Å². The minimum absolute atomic E-state index is 0.427. The fourth-order valence-corrected chi connectivity index (χ4v) is 2.92. The molecule has 5 nitrogen and oxygen atoms in total. The van der Waals surface area contributed by atoms with Gasteiger partial charge in [0.15, 0.2) is 0 Å². The molecule has 2 heterocycles. The van der Waals surface area contributed by atoms with Gasteiger partial charge in [-0.2, -0.15) is 4.73 Å². The predicted octanol–water partition coefficient (Wildman–Crippen LogP) is 4.37. The lowest BCUT2D eigenvalue weighted by molar-refractivity contribution is 0.0489. The van der Waals surface area contributed by atoms with Crippen LogP contribution < -0.4 is 9.57 Å². The van der Waals surface area contributed by atoms with Crippen molar-refractivity contribution in [2.24, 2.45) is 0 Å². The van der Waals surface area contributed by atoms with Gasteiger partial charge in [0.1, 0.15) is 11.3 Å². The van der Waals surface area contributed by atoms with Gasteiger partial charge < -0.3 is 9.57 Å². The average molecular weight is 358 g/mol. The lowest BCUT2D eigenvalue weighted by Gasteiger charge is -2.11. The van der Waals surface area contributed by atoms with Crippen molar-refractivity contribution in [1.82, 2.24) is 9.71 Å². The molecule has 0 unspecified atom stereocenters. The highest BCUT2D eigenvalue weighted by atomic mass is 16.7. The number of rotatable bonds is 5. The van der Waals surface area contributed by atoms with Gasteiger partial charge in [-0.25, -0.2) is 4.79 Å². The third-order valence-corrected chi connectivity index (χ3v) is 4.21. The molecule has 0 radical (unpaired) electrons. The van der Waals surface area contributed by atoms with E-state index in [2.05, 4.69) is 4.98 Å². The van der Waals surface area contributed by atoms with E-state index in [1.807, 2.05) is 49.4 Å². The maximum Gasteiger partial charge on any atom is 0.363 e. The Labute approximate surface area is 156 Å². The van der Waals surface area contributed by atoms with Gasteiger partial charge in [-0.15, -0.1) is 0 Å². The van der Waals surface area contributed by atoms with E-state index >= 15 is 0 Å². The number of carbonyl (C=O) groups excluding carboxylic acids is 1. The molecule has 0 N–H and O–H groups in total. The summed E-state index contributed by atoms with van der Waals surface area (Å²) in [5.41, 5.74) is 2.90. The van der Waals surface area contributed by atoms with E-state index in [1.165, 1.54) is 4.73 Å². The zero-order chi connectivity index (χ0) is 18.6. The van der Waals surface area contributed by atoms with E-state index in [1.54, 1.807) is 36.7 Å².